The molecule has 0 radical (unpaired) electrons. The van der Waals surface area contributed by atoms with Crippen molar-refractivity contribution in [3.8, 4) is 0 Å². The van der Waals surface area contributed by atoms with Crippen molar-refractivity contribution in [1.29, 1.82) is 0 Å². The van der Waals surface area contributed by atoms with Crippen LogP contribution in [-0.2, 0) is 4.74 Å². The van der Waals surface area contributed by atoms with Gasteiger partial charge in [0.1, 0.15) is 0 Å². The molecule has 19 heavy (non-hydrogen) atoms. The average Bonchev–Trinajstić information content (AvgIpc) is 2.85. The molecule has 0 saturated heterocycles. The number of nitrogens with one attached hydrogen (secondary N) is 1. The van der Waals surface area contributed by atoms with Crippen molar-refractivity contribution in [2.45, 2.75) is 77.7 Å². The number of methoxy groups -OCH3 is 1. The minimum atomic E-state index is 0.360. The van der Waals surface area contributed by atoms with Gasteiger partial charge in [-0.1, -0.05) is 26.7 Å². The third-order valence-corrected chi connectivity index (χ3v) is 5.56. The highest BCUT2D eigenvalue weighted by Crippen LogP contribution is 2.48. The Kier molecular flexibility index (Phi) is 5.30. The zero-order valence-electron chi connectivity index (χ0n) is 13.3. The van der Waals surface area contributed by atoms with Crippen LogP contribution in [0.1, 0.15) is 71.6 Å². The van der Waals surface area contributed by atoms with Gasteiger partial charge >= 0.3 is 0 Å². The lowest BCUT2D eigenvalue weighted by Crippen LogP contribution is -2.41. The van der Waals surface area contributed by atoms with Crippen LogP contribution in [-0.4, -0.2) is 26.3 Å². The molecule has 1 spiro atoms. The molecule has 2 rings (SSSR count). The molecule has 2 saturated carbocycles. The van der Waals surface area contributed by atoms with Crippen molar-refractivity contribution in [2.24, 2.45) is 10.8 Å². The van der Waals surface area contributed by atoms with Gasteiger partial charge in [-0.15, -0.1) is 0 Å². The largest absolute Gasteiger partial charge is 0.385 e. The van der Waals surface area contributed by atoms with E-state index < -0.39 is 0 Å². The van der Waals surface area contributed by atoms with Gasteiger partial charge in [-0.3, -0.25) is 0 Å². The number of hydrogen-bond donors (Lipinski definition) is 1. The van der Waals surface area contributed by atoms with E-state index in [0.717, 1.165) is 31.0 Å². The lowest BCUT2D eigenvalue weighted by molar-refractivity contribution is 0.136. The molecule has 2 aliphatic carbocycles. The average molecular weight is 267 g/mol. The van der Waals surface area contributed by atoms with Gasteiger partial charge in [0.2, 0.25) is 0 Å². The van der Waals surface area contributed by atoms with E-state index in [9.17, 15) is 0 Å². The number of hydrogen-bond acceptors (Lipinski definition) is 2. The van der Waals surface area contributed by atoms with Crippen LogP contribution in [0.3, 0.4) is 0 Å². The molecule has 0 aromatic carbocycles. The second-order valence-electron chi connectivity index (χ2n) is 7.77. The van der Waals surface area contributed by atoms with E-state index in [-0.39, 0.29) is 0 Å². The van der Waals surface area contributed by atoms with Gasteiger partial charge in [-0.25, -0.2) is 0 Å². The first-order valence-electron chi connectivity index (χ1n) is 8.28. The Balaban J connectivity index is 1.68. The van der Waals surface area contributed by atoms with Gasteiger partial charge in [-0.05, 0) is 55.8 Å². The van der Waals surface area contributed by atoms with Crippen molar-refractivity contribution in [2.75, 3.05) is 20.3 Å². The monoisotopic (exact) mass is 267 g/mol. The molecule has 2 aliphatic rings. The molecule has 0 aliphatic heterocycles. The Bertz CT molecular complexity index is 258. The van der Waals surface area contributed by atoms with Gasteiger partial charge in [0.15, 0.2) is 0 Å². The zero-order chi connectivity index (χ0) is 13.8. The Morgan fingerprint density at radius 3 is 2.32 bits per heavy atom. The second kappa shape index (κ2) is 6.58. The molecule has 0 bridgehead atoms. The molecule has 2 nitrogen and oxygen atoms in total. The normalized spacial score (nSPS) is 24.2. The van der Waals surface area contributed by atoms with Crippen LogP contribution in [0.25, 0.3) is 0 Å². The summed E-state index contributed by atoms with van der Waals surface area (Å²) in [5.74, 6) is 0. The molecule has 1 N–H and O–H groups in total. The summed E-state index contributed by atoms with van der Waals surface area (Å²) in [7, 11) is 1.80. The first-order chi connectivity index (χ1) is 9.05. The number of ether oxygens (including phenoxy) is 1. The predicted molar refractivity (Wildman–Crippen MR) is 81.4 cm³/mol. The van der Waals surface area contributed by atoms with Crippen molar-refractivity contribution in [3.63, 3.8) is 0 Å². The van der Waals surface area contributed by atoms with Gasteiger partial charge in [0, 0.05) is 26.3 Å². The van der Waals surface area contributed by atoms with E-state index in [1.165, 1.54) is 51.4 Å². The maximum Gasteiger partial charge on any atom is 0.0467 e. The Morgan fingerprint density at radius 1 is 1.11 bits per heavy atom. The summed E-state index contributed by atoms with van der Waals surface area (Å²) < 4.78 is 5.21. The van der Waals surface area contributed by atoms with Crippen molar-refractivity contribution in [1.82, 2.24) is 5.32 Å². The molecule has 0 aromatic heterocycles. The van der Waals surface area contributed by atoms with E-state index in [1.807, 2.05) is 0 Å². The van der Waals surface area contributed by atoms with Gasteiger partial charge < -0.3 is 10.1 Å². The highest BCUT2D eigenvalue weighted by Gasteiger charge is 2.37. The Labute approximate surface area is 119 Å². The third-order valence-electron chi connectivity index (χ3n) is 5.56. The van der Waals surface area contributed by atoms with Crippen LogP contribution in [0.15, 0.2) is 0 Å². The molecule has 112 valence electrons. The van der Waals surface area contributed by atoms with Crippen LogP contribution in [0.2, 0.25) is 0 Å². The fourth-order valence-corrected chi connectivity index (χ4v) is 3.95. The van der Waals surface area contributed by atoms with Gasteiger partial charge in [0.25, 0.3) is 0 Å². The highest BCUT2D eigenvalue weighted by molar-refractivity contribution is 4.91. The first-order valence-corrected chi connectivity index (χ1v) is 8.28. The molecule has 2 heteroatoms. The van der Waals surface area contributed by atoms with E-state index in [4.69, 9.17) is 4.74 Å². The minimum Gasteiger partial charge on any atom is -0.385 e. The summed E-state index contributed by atoms with van der Waals surface area (Å²) in [5.41, 5.74) is 1.13. The maximum atomic E-state index is 5.21. The molecule has 0 atom stereocenters. The molecule has 0 heterocycles. The Hall–Kier alpha value is -0.0800. The summed E-state index contributed by atoms with van der Waals surface area (Å²) in [6, 6.07) is 0.771. The lowest BCUT2D eigenvalue weighted by atomic mass is 9.71. The van der Waals surface area contributed by atoms with Gasteiger partial charge in [-0.2, -0.15) is 0 Å². The van der Waals surface area contributed by atoms with Crippen LogP contribution in [0, 0.1) is 10.8 Å². The summed E-state index contributed by atoms with van der Waals surface area (Å²) >= 11 is 0. The van der Waals surface area contributed by atoms with E-state index in [0.29, 0.717) is 5.41 Å². The highest BCUT2D eigenvalue weighted by atomic mass is 16.5. The minimum absolute atomic E-state index is 0.360. The standard InChI is InChI=1S/C17H33NO/c1-16(2,12-13-19-3)14-18-15-6-10-17(11-7-15)8-4-5-9-17/h15,18H,4-14H2,1-3H3. The van der Waals surface area contributed by atoms with E-state index in [2.05, 4.69) is 19.2 Å². The van der Waals surface area contributed by atoms with Crippen LogP contribution in [0.4, 0.5) is 0 Å². The SMILES string of the molecule is COCCC(C)(C)CNC1CCC2(CCCC2)CC1. The topological polar surface area (TPSA) is 21.3 Å². The summed E-state index contributed by atoms with van der Waals surface area (Å²) in [4.78, 5) is 0. The molecule has 0 aromatic rings. The summed E-state index contributed by atoms with van der Waals surface area (Å²) in [6.45, 7) is 6.71. The molecule has 0 amide bonds. The van der Waals surface area contributed by atoms with E-state index >= 15 is 0 Å². The van der Waals surface area contributed by atoms with E-state index in [1.54, 1.807) is 7.11 Å². The van der Waals surface area contributed by atoms with Crippen molar-refractivity contribution >= 4 is 0 Å². The first kappa shape index (κ1) is 15.3. The molecule has 0 unspecified atom stereocenters. The van der Waals surface area contributed by atoms with Crippen LogP contribution < -0.4 is 5.32 Å². The van der Waals surface area contributed by atoms with Crippen LogP contribution in [0.5, 0.6) is 0 Å². The molecular weight excluding hydrogens is 234 g/mol. The van der Waals surface area contributed by atoms with Crippen molar-refractivity contribution in [3.05, 3.63) is 0 Å². The van der Waals surface area contributed by atoms with Crippen molar-refractivity contribution < 1.29 is 4.74 Å². The quantitative estimate of drug-likeness (QED) is 0.781. The maximum absolute atomic E-state index is 5.21. The number of rotatable bonds is 6. The summed E-state index contributed by atoms with van der Waals surface area (Å²) in [5, 5.41) is 3.82. The fourth-order valence-electron chi connectivity index (χ4n) is 3.95. The Morgan fingerprint density at radius 2 is 1.74 bits per heavy atom. The van der Waals surface area contributed by atoms with Crippen LogP contribution >= 0.6 is 0 Å². The van der Waals surface area contributed by atoms with Gasteiger partial charge in [0.05, 0.1) is 0 Å². The zero-order valence-corrected chi connectivity index (χ0v) is 13.3. The fraction of sp³-hybridized carbons (Fsp3) is 1.00. The molecular formula is C17H33NO. The smallest absolute Gasteiger partial charge is 0.0467 e. The summed E-state index contributed by atoms with van der Waals surface area (Å²) in [6.07, 6.45) is 12.9. The second-order valence-corrected chi connectivity index (χ2v) is 7.77. The predicted octanol–water partition coefficient (Wildman–Crippen LogP) is 4.14. The lowest BCUT2D eigenvalue weighted by Gasteiger charge is -2.38. The molecule has 2 fully saturated rings. The third kappa shape index (κ3) is 4.46.